The van der Waals surface area contributed by atoms with Gasteiger partial charge in [0.25, 0.3) is 0 Å². The highest BCUT2D eigenvalue weighted by molar-refractivity contribution is 5.94. The summed E-state index contributed by atoms with van der Waals surface area (Å²) >= 11 is 0. The summed E-state index contributed by atoms with van der Waals surface area (Å²) in [5, 5.41) is 1.95. The van der Waals surface area contributed by atoms with Gasteiger partial charge < -0.3 is 5.73 Å². The van der Waals surface area contributed by atoms with E-state index in [0.29, 0.717) is 25.9 Å². The molecule has 1 saturated heterocycles. The lowest BCUT2D eigenvalue weighted by Crippen LogP contribution is -2.49. The Morgan fingerprint density at radius 2 is 1.90 bits per heavy atom. The van der Waals surface area contributed by atoms with Gasteiger partial charge in [-0.15, -0.1) is 0 Å². The molecule has 1 fully saturated rings. The number of imide groups is 1. The third-order valence-electron chi connectivity index (χ3n) is 3.24. The number of piperidine rings is 1. The standard InChI is InChI=1S/C11H19F3N4O2/c1-17(6-9(19)16-10(15)20)8-2-4-18(5-3-8)7-11(12,13)14/h8H,2-7H2,1H3,(H3,15,16,19,20). The number of halogens is 3. The highest BCUT2D eigenvalue weighted by Gasteiger charge is 2.33. The Bertz CT molecular complexity index is 354. The second-order valence-corrected chi connectivity index (χ2v) is 4.95. The number of alkyl halides is 3. The van der Waals surface area contributed by atoms with E-state index in [4.69, 9.17) is 5.73 Å². The van der Waals surface area contributed by atoms with E-state index in [1.165, 1.54) is 4.90 Å². The van der Waals surface area contributed by atoms with Gasteiger partial charge in [-0.3, -0.25) is 19.9 Å². The van der Waals surface area contributed by atoms with Gasteiger partial charge >= 0.3 is 12.2 Å². The molecule has 0 aromatic rings. The number of nitrogens with one attached hydrogen (secondary N) is 1. The summed E-state index contributed by atoms with van der Waals surface area (Å²) in [6.07, 6.45) is -3.08. The number of hydrogen-bond donors (Lipinski definition) is 2. The molecular formula is C11H19F3N4O2. The van der Waals surface area contributed by atoms with Crippen molar-refractivity contribution in [2.45, 2.75) is 25.1 Å². The molecule has 0 unspecified atom stereocenters. The normalized spacial score (nSPS) is 18.2. The summed E-state index contributed by atoms with van der Waals surface area (Å²) < 4.78 is 36.7. The second-order valence-electron chi connectivity index (χ2n) is 4.95. The van der Waals surface area contributed by atoms with Crippen LogP contribution >= 0.6 is 0 Å². The quantitative estimate of drug-likeness (QED) is 0.773. The molecule has 0 aromatic heterocycles. The van der Waals surface area contributed by atoms with Crippen molar-refractivity contribution in [1.82, 2.24) is 15.1 Å². The van der Waals surface area contributed by atoms with E-state index >= 15 is 0 Å². The Balaban J connectivity index is 2.33. The zero-order chi connectivity index (χ0) is 15.3. The number of carbonyl (C=O) groups excluding carboxylic acids is 2. The number of amides is 3. The van der Waals surface area contributed by atoms with E-state index in [2.05, 4.69) is 0 Å². The lowest BCUT2D eigenvalue weighted by molar-refractivity contribution is -0.148. The van der Waals surface area contributed by atoms with Crippen LogP contribution in [0.5, 0.6) is 0 Å². The number of rotatable bonds is 4. The predicted octanol–water partition coefficient (Wildman–Crippen LogP) is 0.140. The van der Waals surface area contributed by atoms with Gasteiger partial charge in [-0.2, -0.15) is 13.2 Å². The largest absolute Gasteiger partial charge is 0.401 e. The molecule has 3 N–H and O–H groups in total. The molecule has 0 bridgehead atoms. The number of nitrogens with zero attached hydrogens (tertiary/aromatic N) is 2. The first-order chi connectivity index (χ1) is 9.17. The van der Waals surface area contributed by atoms with Crippen LogP contribution in [0.3, 0.4) is 0 Å². The second kappa shape index (κ2) is 6.89. The van der Waals surface area contributed by atoms with Crippen LogP contribution in [0.15, 0.2) is 0 Å². The third-order valence-corrected chi connectivity index (χ3v) is 3.24. The Kier molecular flexibility index (Phi) is 5.75. The molecule has 6 nitrogen and oxygen atoms in total. The molecule has 1 aliphatic rings. The summed E-state index contributed by atoms with van der Waals surface area (Å²) in [4.78, 5) is 24.9. The van der Waals surface area contributed by atoms with Gasteiger partial charge in [0.15, 0.2) is 0 Å². The number of nitrogens with two attached hydrogens (primary N) is 1. The number of carbonyl (C=O) groups is 2. The molecule has 0 aromatic carbocycles. The predicted molar refractivity (Wildman–Crippen MR) is 65.9 cm³/mol. The van der Waals surface area contributed by atoms with Gasteiger partial charge in [-0.25, -0.2) is 4.79 Å². The fourth-order valence-corrected chi connectivity index (χ4v) is 2.30. The minimum atomic E-state index is -4.18. The summed E-state index contributed by atoms with van der Waals surface area (Å²) in [6.45, 7) is -0.226. The van der Waals surface area contributed by atoms with Gasteiger partial charge in [0.05, 0.1) is 13.1 Å². The zero-order valence-electron chi connectivity index (χ0n) is 11.2. The number of urea groups is 1. The summed E-state index contributed by atoms with van der Waals surface area (Å²) in [7, 11) is 1.70. The van der Waals surface area contributed by atoms with Crippen LogP contribution in [-0.4, -0.2) is 67.2 Å². The Hall–Kier alpha value is -1.35. The third kappa shape index (κ3) is 6.20. The van der Waals surface area contributed by atoms with Crippen LogP contribution in [0.25, 0.3) is 0 Å². The Morgan fingerprint density at radius 1 is 1.35 bits per heavy atom. The zero-order valence-corrected chi connectivity index (χ0v) is 11.2. The lowest BCUT2D eigenvalue weighted by atomic mass is 10.0. The maximum Gasteiger partial charge on any atom is 0.401 e. The molecule has 0 saturated carbocycles. The summed E-state index contributed by atoms with van der Waals surface area (Å²) in [5.74, 6) is -0.516. The van der Waals surface area contributed by atoms with Crippen molar-refractivity contribution in [3.8, 4) is 0 Å². The van der Waals surface area contributed by atoms with Crippen molar-refractivity contribution in [2.24, 2.45) is 5.73 Å². The van der Waals surface area contributed by atoms with Gasteiger partial charge in [0.2, 0.25) is 5.91 Å². The van der Waals surface area contributed by atoms with Crippen molar-refractivity contribution in [2.75, 3.05) is 33.2 Å². The van der Waals surface area contributed by atoms with E-state index < -0.39 is 24.7 Å². The maximum atomic E-state index is 12.2. The van der Waals surface area contributed by atoms with Crippen LogP contribution in [-0.2, 0) is 4.79 Å². The first kappa shape index (κ1) is 16.7. The minimum absolute atomic E-state index is 0.00707. The molecule has 0 spiro atoms. The molecule has 116 valence electrons. The summed E-state index contributed by atoms with van der Waals surface area (Å²) in [5.41, 5.74) is 4.82. The van der Waals surface area contributed by atoms with Gasteiger partial charge in [-0.1, -0.05) is 0 Å². The average Bonchev–Trinajstić information content (AvgIpc) is 2.26. The number of primary amides is 1. The molecule has 0 aliphatic carbocycles. The van der Waals surface area contributed by atoms with Crippen LogP contribution < -0.4 is 11.1 Å². The molecule has 1 heterocycles. The lowest BCUT2D eigenvalue weighted by Gasteiger charge is -2.36. The maximum absolute atomic E-state index is 12.2. The molecule has 20 heavy (non-hydrogen) atoms. The topological polar surface area (TPSA) is 78.7 Å². The molecule has 0 atom stereocenters. The Labute approximate surface area is 115 Å². The monoisotopic (exact) mass is 296 g/mol. The number of hydrogen-bond acceptors (Lipinski definition) is 4. The van der Waals surface area contributed by atoms with Crippen molar-refractivity contribution < 1.29 is 22.8 Å². The van der Waals surface area contributed by atoms with Gasteiger partial charge in [0.1, 0.15) is 0 Å². The van der Waals surface area contributed by atoms with E-state index in [0.717, 1.165) is 0 Å². The summed E-state index contributed by atoms with van der Waals surface area (Å²) in [6, 6.07) is -0.887. The van der Waals surface area contributed by atoms with Crippen LogP contribution in [0.4, 0.5) is 18.0 Å². The van der Waals surface area contributed by atoms with Crippen molar-refractivity contribution in [1.29, 1.82) is 0 Å². The minimum Gasteiger partial charge on any atom is -0.351 e. The molecular weight excluding hydrogens is 277 g/mol. The van der Waals surface area contributed by atoms with E-state index in [-0.39, 0.29) is 12.6 Å². The van der Waals surface area contributed by atoms with Crippen molar-refractivity contribution in [3.05, 3.63) is 0 Å². The fourth-order valence-electron chi connectivity index (χ4n) is 2.30. The van der Waals surface area contributed by atoms with E-state index in [9.17, 15) is 22.8 Å². The smallest absolute Gasteiger partial charge is 0.351 e. The molecule has 9 heteroatoms. The van der Waals surface area contributed by atoms with Crippen LogP contribution in [0.2, 0.25) is 0 Å². The SMILES string of the molecule is CN(CC(=O)NC(N)=O)C1CCN(CC(F)(F)F)CC1. The fraction of sp³-hybridized carbons (Fsp3) is 0.818. The van der Waals surface area contributed by atoms with Crippen LogP contribution in [0.1, 0.15) is 12.8 Å². The molecule has 1 rings (SSSR count). The number of likely N-dealkylation sites (tertiary alicyclic amines) is 1. The first-order valence-electron chi connectivity index (χ1n) is 6.26. The molecule has 0 radical (unpaired) electrons. The average molecular weight is 296 g/mol. The van der Waals surface area contributed by atoms with E-state index in [1.54, 1.807) is 11.9 Å². The van der Waals surface area contributed by atoms with Gasteiger partial charge in [-0.05, 0) is 33.0 Å². The highest BCUT2D eigenvalue weighted by atomic mass is 19.4. The van der Waals surface area contributed by atoms with Crippen molar-refractivity contribution >= 4 is 11.9 Å². The van der Waals surface area contributed by atoms with Crippen molar-refractivity contribution in [3.63, 3.8) is 0 Å². The molecule has 3 amide bonds. The van der Waals surface area contributed by atoms with Gasteiger partial charge in [0, 0.05) is 6.04 Å². The highest BCUT2D eigenvalue weighted by Crippen LogP contribution is 2.21. The van der Waals surface area contributed by atoms with E-state index in [1.807, 2.05) is 5.32 Å². The van der Waals surface area contributed by atoms with Crippen LogP contribution in [0, 0.1) is 0 Å². The number of likely N-dealkylation sites (N-methyl/N-ethyl adjacent to an activating group) is 1. The first-order valence-corrected chi connectivity index (χ1v) is 6.26. The Morgan fingerprint density at radius 3 is 2.35 bits per heavy atom. The molecule has 1 aliphatic heterocycles.